The van der Waals surface area contributed by atoms with Gasteiger partial charge in [0.05, 0.1) is 17.6 Å². The first-order chi connectivity index (χ1) is 9.38. The summed E-state index contributed by atoms with van der Waals surface area (Å²) in [5.74, 6) is 0. The summed E-state index contributed by atoms with van der Waals surface area (Å²) in [5, 5.41) is 17.7. The zero-order valence-electron chi connectivity index (χ0n) is 9.68. The van der Waals surface area contributed by atoms with E-state index in [2.05, 4.69) is 9.97 Å². The molecular formula is C11H5F3N6. The predicted octanol–water partition coefficient (Wildman–Crippen LogP) is 1.61. The van der Waals surface area contributed by atoms with Crippen LogP contribution in [0.1, 0.15) is 17.1 Å². The van der Waals surface area contributed by atoms with Crippen LogP contribution in [0.15, 0.2) is 18.6 Å². The minimum absolute atomic E-state index is 0.0728. The second kappa shape index (κ2) is 4.55. The Morgan fingerprint density at radius 3 is 2.45 bits per heavy atom. The van der Waals surface area contributed by atoms with E-state index >= 15 is 0 Å². The van der Waals surface area contributed by atoms with Gasteiger partial charge in [0, 0.05) is 0 Å². The number of halogens is 3. The standard InChI is InChI=1S/C11H5F3N6/c12-11(13,14)10-1-8(6(17)4-18-10)20-5-19-7(2-15)9(20)3-16/h1,4-5H,17H2. The van der Waals surface area contributed by atoms with Gasteiger partial charge >= 0.3 is 6.18 Å². The first-order valence-electron chi connectivity index (χ1n) is 5.09. The second-order valence-corrected chi connectivity index (χ2v) is 3.66. The highest BCUT2D eigenvalue weighted by atomic mass is 19.4. The highest BCUT2D eigenvalue weighted by Gasteiger charge is 2.33. The van der Waals surface area contributed by atoms with Crippen molar-refractivity contribution < 1.29 is 13.2 Å². The third kappa shape index (κ3) is 2.12. The van der Waals surface area contributed by atoms with E-state index in [0.29, 0.717) is 6.07 Å². The van der Waals surface area contributed by atoms with Crippen LogP contribution in [0.25, 0.3) is 5.69 Å². The Bertz CT molecular complexity index is 747. The summed E-state index contributed by atoms with van der Waals surface area (Å²) in [4.78, 5) is 6.82. The van der Waals surface area contributed by atoms with Gasteiger partial charge in [-0.3, -0.25) is 4.57 Å². The van der Waals surface area contributed by atoms with Gasteiger partial charge in [0.2, 0.25) is 0 Å². The molecule has 0 aromatic carbocycles. The van der Waals surface area contributed by atoms with Crippen LogP contribution >= 0.6 is 0 Å². The van der Waals surface area contributed by atoms with E-state index in [9.17, 15) is 13.2 Å². The number of anilines is 1. The van der Waals surface area contributed by atoms with Crippen LogP contribution in [0.2, 0.25) is 0 Å². The van der Waals surface area contributed by atoms with Crippen molar-refractivity contribution in [3.8, 4) is 17.8 Å². The van der Waals surface area contributed by atoms with E-state index in [4.69, 9.17) is 16.3 Å². The number of alkyl halides is 3. The molecule has 2 heterocycles. The monoisotopic (exact) mass is 278 g/mol. The van der Waals surface area contributed by atoms with Crippen molar-refractivity contribution in [1.82, 2.24) is 14.5 Å². The van der Waals surface area contributed by atoms with E-state index in [-0.39, 0.29) is 22.8 Å². The van der Waals surface area contributed by atoms with Gasteiger partial charge in [-0.25, -0.2) is 9.97 Å². The summed E-state index contributed by atoms with van der Waals surface area (Å²) >= 11 is 0. The average Bonchev–Trinajstić information content (AvgIpc) is 2.80. The van der Waals surface area contributed by atoms with Crippen LogP contribution in [0.3, 0.4) is 0 Å². The van der Waals surface area contributed by atoms with E-state index in [0.717, 1.165) is 17.1 Å². The number of hydrogen-bond acceptors (Lipinski definition) is 5. The zero-order chi connectivity index (χ0) is 14.9. The van der Waals surface area contributed by atoms with Gasteiger partial charge in [-0.15, -0.1) is 0 Å². The number of pyridine rings is 1. The molecule has 0 saturated carbocycles. The quantitative estimate of drug-likeness (QED) is 0.853. The summed E-state index contributed by atoms with van der Waals surface area (Å²) in [6.07, 6.45) is -2.75. The Morgan fingerprint density at radius 1 is 1.20 bits per heavy atom. The molecule has 9 heteroatoms. The molecule has 0 saturated heterocycles. The van der Waals surface area contributed by atoms with Crippen LogP contribution in [-0.2, 0) is 6.18 Å². The lowest BCUT2D eigenvalue weighted by Crippen LogP contribution is -2.11. The summed E-state index contributed by atoms with van der Waals surface area (Å²) < 4.78 is 38.9. The lowest BCUT2D eigenvalue weighted by atomic mass is 10.2. The molecule has 0 aliphatic carbocycles. The van der Waals surface area contributed by atoms with Crippen LogP contribution in [0.4, 0.5) is 18.9 Å². The maximum atomic E-state index is 12.6. The molecule has 0 fully saturated rings. The number of imidazole rings is 1. The highest BCUT2D eigenvalue weighted by molar-refractivity contribution is 5.59. The normalized spacial score (nSPS) is 10.8. The van der Waals surface area contributed by atoms with Gasteiger partial charge < -0.3 is 5.73 Å². The molecule has 0 aliphatic rings. The van der Waals surface area contributed by atoms with E-state index < -0.39 is 11.9 Å². The van der Waals surface area contributed by atoms with Crippen molar-refractivity contribution in [1.29, 1.82) is 10.5 Å². The molecule has 0 unspecified atom stereocenters. The average molecular weight is 278 g/mol. The molecule has 0 amide bonds. The molecule has 0 aliphatic heterocycles. The summed E-state index contributed by atoms with van der Waals surface area (Å²) in [7, 11) is 0. The smallest absolute Gasteiger partial charge is 0.396 e. The van der Waals surface area contributed by atoms with Gasteiger partial charge in [-0.05, 0) is 6.07 Å². The molecule has 0 radical (unpaired) electrons. The van der Waals surface area contributed by atoms with Crippen molar-refractivity contribution in [3.05, 3.63) is 35.7 Å². The van der Waals surface area contributed by atoms with Crippen molar-refractivity contribution in [2.75, 3.05) is 5.73 Å². The summed E-state index contributed by atoms with van der Waals surface area (Å²) in [6, 6.07) is 4.06. The lowest BCUT2D eigenvalue weighted by Gasteiger charge is -2.11. The largest absolute Gasteiger partial charge is 0.433 e. The molecule has 2 rings (SSSR count). The maximum absolute atomic E-state index is 12.6. The van der Waals surface area contributed by atoms with E-state index in [1.165, 1.54) is 0 Å². The SMILES string of the molecule is N#Cc1ncn(-c2cc(C(F)(F)F)ncc2N)c1C#N. The number of nitrogens with zero attached hydrogens (tertiary/aromatic N) is 5. The van der Waals surface area contributed by atoms with Crippen LogP contribution in [0.5, 0.6) is 0 Å². The van der Waals surface area contributed by atoms with Crippen LogP contribution in [0, 0.1) is 22.7 Å². The van der Waals surface area contributed by atoms with Gasteiger partial charge in [-0.2, -0.15) is 23.7 Å². The second-order valence-electron chi connectivity index (χ2n) is 3.66. The highest BCUT2D eigenvalue weighted by Crippen LogP contribution is 2.31. The third-order valence-electron chi connectivity index (χ3n) is 2.44. The van der Waals surface area contributed by atoms with Gasteiger partial charge in [-0.1, -0.05) is 0 Å². The fourth-order valence-corrected chi connectivity index (χ4v) is 1.54. The molecule has 100 valence electrons. The fourth-order valence-electron chi connectivity index (χ4n) is 1.54. The fraction of sp³-hybridized carbons (Fsp3) is 0.0909. The minimum Gasteiger partial charge on any atom is -0.396 e. The number of hydrogen-bond donors (Lipinski definition) is 1. The van der Waals surface area contributed by atoms with Gasteiger partial charge in [0.1, 0.15) is 24.2 Å². The minimum atomic E-state index is -4.64. The van der Waals surface area contributed by atoms with Crippen molar-refractivity contribution in [3.63, 3.8) is 0 Å². The Kier molecular flexibility index (Phi) is 3.04. The topological polar surface area (TPSA) is 104 Å². The number of aromatic nitrogens is 3. The van der Waals surface area contributed by atoms with Crippen molar-refractivity contribution in [2.45, 2.75) is 6.18 Å². The molecule has 2 aromatic rings. The number of rotatable bonds is 1. The van der Waals surface area contributed by atoms with E-state index in [1.54, 1.807) is 12.1 Å². The molecule has 0 atom stereocenters. The van der Waals surface area contributed by atoms with Gasteiger partial charge in [0.15, 0.2) is 11.4 Å². The van der Waals surface area contributed by atoms with Crippen molar-refractivity contribution in [2.24, 2.45) is 0 Å². The molecule has 2 N–H and O–H groups in total. The number of nitrogen functional groups attached to an aromatic ring is 1. The molecule has 20 heavy (non-hydrogen) atoms. The number of nitriles is 2. The van der Waals surface area contributed by atoms with E-state index in [1.807, 2.05) is 0 Å². The molecule has 0 spiro atoms. The van der Waals surface area contributed by atoms with Crippen molar-refractivity contribution >= 4 is 5.69 Å². The lowest BCUT2D eigenvalue weighted by molar-refractivity contribution is -0.141. The zero-order valence-corrected chi connectivity index (χ0v) is 9.68. The Hall–Kier alpha value is -3.07. The van der Waals surface area contributed by atoms with Crippen LogP contribution < -0.4 is 5.73 Å². The first-order valence-corrected chi connectivity index (χ1v) is 5.09. The maximum Gasteiger partial charge on any atom is 0.433 e. The molecule has 6 nitrogen and oxygen atoms in total. The Morgan fingerprint density at radius 2 is 1.90 bits per heavy atom. The Labute approximate surface area is 110 Å². The van der Waals surface area contributed by atoms with Gasteiger partial charge in [0.25, 0.3) is 0 Å². The number of nitrogens with two attached hydrogens (primary N) is 1. The molecule has 2 aromatic heterocycles. The third-order valence-corrected chi connectivity index (χ3v) is 2.44. The predicted molar refractivity (Wildman–Crippen MR) is 60.2 cm³/mol. The summed E-state index contributed by atoms with van der Waals surface area (Å²) in [6.45, 7) is 0. The first kappa shape index (κ1) is 13.4. The Balaban J connectivity index is 2.68. The van der Waals surface area contributed by atoms with Crippen LogP contribution in [-0.4, -0.2) is 14.5 Å². The summed E-state index contributed by atoms with van der Waals surface area (Å²) in [5.41, 5.74) is 3.83. The molecule has 0 bridgehead atoms. The molecular weight excluding hydrogens is 273 g/mol.